The second-order valence-corrected chi connectivity index (χ2v) is 4.50. The molecule has 0 bridgehead atoms. The molecule has 0 aliphatic carbocycles. The summed E-state index contributed by atoms with van der Waals surface area (Å²) in [5, 5.41) is 2.80. The van der Waals surface area contributed by atoms with Crippen LogP contribution in [0.15, 0.2) is 0 Å². The Kier molecular flexibility index (Phi) is 7.57. The average molecular weight is 217 g/mol. The van der Waals surface area contributed by atoms with E-state index in [2.05, 4.69) is 5.32 Å². The van der Waals surface area contributed by atoms with Gasteiger partial charge in [0.05, 0.1) is 5.75 Å². The third-order valence-corrected chi connectivity index (χ3v) is 2.75. The van der Waals surface area contributed by atoms with Gasteiger partial charge in [0.1, 0.15) is 5.78 Å². The second-order valence-electron chi connectivity index (χ2n) is 3.39. The van der Waals surface area contributed by atoms with Crippen LogP contribution in [0.2, 0.25) is 0 Å². The molecule has 0 aliphatic heterocycles. The maximum Gasteiger partial charge on any atom is 0.222 e. The molecule has 0 fully saturated rings. The summed E-state index contributed by atoms with van der Waals surface area (Å²) in [5.74, 6) is 1.76. The Bertz CT molecular complexity index is 193. The molecule has 0 saturated heterocycles. The molecule has 0 saturated carbocycles. The molecule has 0 atom stereocenters. The lowest BCUT2D eigenvalue weighted by Gasteiger charge is -2.06. The van der Waals surface area contributed by atoms with Crippen LogP contribution in [0.3, 0.4) is 0 Å². The Labute approximate surface area is 90.0 Å². The van der Waals surface area contributed by atoms with Crippen LogP contribution in [0, 0.1) is 5.92 Å². The molecular formula is C10H19NO2S. The number of rotatable bonds is 7. The van der Waals surface area contributed by atoms with E-state index in [0.29, 0.717) is 18.7 Å². The van der Waals surface area contributed by atoms with E-state index in [-0.39, 0.29) is 17.6 Å². The van der Waals surface area contributed by atoms with Crippen molar-refractivity contribution in [2.24, 2.45) is 5.92 Å². The lowest BCUT2D eigenvalue weighted by molar-refractivity contribution is -0.123. The third-order valence-electron chi connectivity index (χ3n) is 1.73. The zero-order chi connectivity index (χ0) is 11.0. The number of ketones is 1. The molecule has 3 nitrogen and oxygen atoms in total. The second kappa shape index (κ2) is 7.85. The van der Waals surface area contributed by atoms with Gasteiger partial charge in [-0.2, -0.15) is 11.8 Å². The molecule has 0 aliphatic rings. The minimum Gasteiger partial charge on any atom is -0.355 e. The van der Waals surface area contributed by atoms with Crippen molar-refractivity contribution in [1.29, 1.82) is 0 Å². The number of amides is 1. The lowest BCUT2D eigenvalue weighted by atomic mass is 10.2. The van der Waals surface area contributed by atoms with E-state index in [9.17, 15) is 9.59 Å². The number of thioether (sulfide) groups is 1. The fraction of sp³-hybridized carbons (Fsp3) is 0.800. The van der Waals surface area contributed by atoms with Gasteiger partial charge in [0, 0.05) is 24.6 Å². The molecule has 0 spiro atoms. The van der Waals surface area contributed by atoms with Gasteiger partial charge in [-0.05, 0) is 0 Å². The normalized spacial score (nSPS) is 10.3. The molecule has 4 heteroatoms. The summed E-state index contributed by atoms with van der Waals surface area (Å²) in [6, 6.07) is 0. The number of hydrogen-bond acceptors (Lipinski definition) is 3. The van der Waals surface area contributed by atoms with Crippen molar-refractivity contribution in [3.63, 3.8) is 0 Å². The van der Waals surface area contributed by atoms with Gasteiger partial charge < -0.3 is 5.32 Å². The van der Waals surface area contributed by atoms with E-state index in [0.717, 1.165) is 5.75 Å². The molecule has 0 aromatic carbocycles. The Morgan fingerprint density at radius 1 is 1.36 bits per heavy atom. The maximum absolute atomic E-state index is 11.1. The first-order valence-electron chi connectivity index (χ1n) is 4.95. The van der Waals surface area contributed by atoms with Crippen LogP contribution in [0.5, 0.6) is 0 Å². The first-order valence-corrected chi connectivity index (χ1v) is 6.10. The van der Waals surface area contributed by atoms with Crippen molar-refractivity contribution >= 4 is 23.5 Å². The number of hydrogen-bond donors (Lipinski definition) is 1. The van der Waals surface area contributed by atoms with Gasteiger partial charge in [-0.1, -0.05) is 20.8 Å². The highest BCUT2D eigenvalue weighted by Gasteiger charge is 2.05. The Hall–Kier alpha value is -0.510. The van der Waals surface area contributed by atoms with Crippen LogP contribution in [-0.2, 0) is 9.59 Å². The van der Waals surface area contributed by atoms with Crippen molar-refractivity contribution in [1.82, 2.24) is 5.32 Å². The van der Waals surface area contributed by atoms with Crippen LogP contribution in [0.1, 0.15) is 27.2 Å². The Morgan fingerprint density at radius 2 is 2.00 bits per heavy atom. The highest BCUT2D eigenvalue weighted by atomic mass is 32.2. The first-order chi connectivity index (χ1) is 6.57. The molecule has 82 valence electrons. The SMILES string of the molecule is CCC(=O)CSCCNC(=O)C(C)C. The number of carbonyl (C=O) groups excluding carboxylic acids is 2. The van der Waals surface area contributed by atoms with Gasteiger partial charge in [0.25, 0.3) is 0 Å². The van der Waals surface area contributed by atoms with E-state index >= 15 is 0 Å². The van der Waals surface area contributed by atoms with E-state index in [1.54, 1.807) is 11.8 Å². The predicted molar refractivity (Wildman–Crippen MR) is 60.5 cm³/mol. The molecule has 1 amide bonds. The van der Waals surface area contributed by atoms with Gasteiger partial charge in [-0.25, -0.2) is 0 Å². The Balaban J connectivity index is 3.30. The molecule has 0 aromatic heterocycles. The van der Waals surface area contributed by atoms with Crippen LogP contribution >= 0.6 is 11.8 Å². The molecule has 0 unspecified atom stereocenters. The van der Waals surface area contributed by atoms with E-state index in [1.165, 1.54) is 0 Å². The van der Waals surface area contributed by atoms with Gasteiger partial charge >= 0.3 is 0 Å². The molecular weight excluding hydrogens is 198 g/mol. The van der Waals surface area contributed by atoms with Crippen LogP contribution in [0.25, 0.3) is 0 Å². The highest BCUT2D eigenvalue weighted by Crippen LogP contribution is 2.00. The number of Topliss-reactive ketones (excluding diaryl/α,β-unsaturated/α-hetero) is 1. The van der Waals surface area contributed by atoms with Crippen molar-refractivity contribution in [2.75, 3.05) is 18.1 Å². The minimum atomic E-state index is 0.0391. The van der Waals surface area contributed by atoms with Gasteiger partial charge in [-0.3, -0.25) is 9.59 Å². The fourth-order valence-electron chi connectivity index (χ4n) is 0.739. The zero-order valence-electron chi connectivity index (χ0n) is 9.13. The summed E-state index contributed by atoms with van der Waals surface area (Å²) < 4.78 is 0. The summed E-state index contributed by atoms with van der Waals surface area (Å²) in [6.07, 6.45) is 0.603. The first kappa shape index (κ1) is 13.5. The monoisotopic (exact) mass is 217 g/mol. The Morgan fingerprint density at radius 3 is 2.50 bits per heavy atom. The van der Waals surface area contributed by atoms with Crippen molar-refractivity contribution in [3.05, 3.63) is 0 Å². The minimum absolute atomic E-state index is 0.0391. The predicted octanol–water partition coefficient (Wildman–Crippen LogP) is 1.47. The van der Waals surface area contributed by atoms with Crippen LogP contribution in [-0.4, -0.2) is 29.7 Å². The molecule has 1 N–H and O–H groups in total. The molecule has 0 radical (unpaired) electrons. The van der Waals surface area contributed by atoms with Crippen molar-refractivity contribution < 1.29 is 9.59 Å². The smallest absolute Gasteiger partial charge is 0.222 e. The largest absolute Gasteiger partial charge is 0.355 e. The van der Waals surface area contributed by atoms with Gasteiger partial charge in [0.15, 0.2) is 0 Å². The summed E-state index contributed by atoms with van der Waals surface area (Å²) in [4.78, 5) is 22.0. The topological polar surface area (TPSA) is 46.2 Å². The lowest BCUT2D eigenvalue weighted by Crippen LogP contribution is -2.29. The number of carbonyl (C=O) groups is 2. The number of nitrogens with one attached hydrogen (secondary N) is 1. The maximum atomic E-state index is 11.1. The fourth-order valence-corrected chi connectivity index (χ4v) is 1.56. The average Bonchev–Trinajstić information content (AvgIpc) is 2.16. The van der Waals surface area contributed by atoms with Crippen LogP contribution in [0.4, 0.5) is 0 Å². The van der Waals surface area contributed by atoms with Crippen molar-refractivity contribution in [2.45, 2.75) is 27.2 Å². The standard InChI is InChI=1S/C10H19NO2S/c1-4-9(12)7-14-6-5-11-10(13)8(2)3/h8H,4-7H2,1-3H3,(H,11,13). The summed E-state index contributed by atoms with van der Waals surface area (Å²) in [6.45, 7) is 6.24. The van der Waals surface area contributed by atoms with Gasteiger partial charge in [0.2, 0.25) is 5.91 Å². The van der Waals surface area contributed by atoms with E-state index < -0.39 is 0 Å². The molecule has 0 aromatic rings. The van der Waals surface area contributed by atoms with E-state index in [1.807, 2.05) is 20.8 Å². The van der Waals surface area contributed by atoms with Crippen LogP contribution < -0.4 is 5.32 Å². The quantitative estimate of drug-likeness (QED) is 0.657. The molecule has 14 heavy (non-hydrogen) atoms. The highest BCUT2D eigenvalue weighted by molar-refractivity contribution is 7.99. The van der Waals surface area contributed by atoms with E-state index in [4.69, 9.17) is 0 Å². The molecule has 0 rings (SSSR count). The summed E-state index contributed by atoms with van der Waals surface area (Å²) in [7, 11) is 0. The summed E-state index contributed by atoms with van der Waals surface area (Å²) >= 11 is 1.58. The molecule has 0 heterocycles. The third kappa shape index (κ3) is 6.95. The summed E-state index contributed by atoms with van der Waals surface area (Å²) in [5.41, 5.74) is 0. The zero-order valence-corrected chi connectivity index (χ0v) is 9.95. The van der Waals surface area contributed by atoms with Crippen molar-refractivity contribution in [3.8, 4) is 0 Å². The van der Waals surface area contributed by atoms with Gasteiger partial charge in [-0.15, -0.1) is 0 Å².